The summed E-state index contributed by atoms with van der Waals surface area (Å²) in [5.41, 5.74) is 3.62. The Morgan fingerprint density at radius 3 is 2.24 bits per heavy atom. The van der Waals surface area contributed by atoms with Gasteiger partial charge in [0.2, 0.25) is 0 Å². The lowest BCUT2D eigenvalue weighted by molar-refractivity contribution is 0.473. The van der Waals surface area contributed by atoms with Crippen molar-refractivity contribution >= 4 is 11.6 Å². The van der Waals surface area contributed by atoms with Crippen molar-refractivity contribution in [3.05, 3.63) is 58.1 Å². The summed E-state index contributed by atoms with van der Waals surface area (Å²) < 4.78 is 5.89. The first kappa shape index (κ1) is 14.9. The lowest BCUT2D eigenvalue weighted by Gasteiger charge is -2.13. The second kappa shape index (κ2) is 6.31. The van der Waals surface area contributed by atoms with Gasteiger partial charge in [0.15, 0.2) is 0 Å². The van der Waals surface area contributed by atoms with Gasteiger partial charge in [0, 0.05) is 5.88 Å². The summed E-state index contributed by atoms with van der Waals surface area (Å²) >= 11 is 5.77. The fourth-order valence-corrected chi connectivity index (χ4v) is 2.29. The van der Waals surface area contributed by atoms with Crippen molar-refractivity contribution in [1.82, 2.24) is 0 Å². The normalized spacial score (nSPS) is 9.76. The Bertz CT molecular complexity index is 746. The van der Waals surface area contributed by atoms with E-state index in [0.29, 0.717) is 28.5 Å². The van der Waals surface area contributed by atoms with Crippen LogP contribution >= 0.6 is 11.6 Å². The number of benzene rings is 2. The maximum Gasteiger partial charge on any atom is 0.145 e. The Balaban J connectivity index is 2.44. The maximum atomic E-state index is 9.22. The fraction of sp³-hybridized carbons (Fsp3) is 0.176. The van der Waals surface area contributed by atoms with Gasteiger partial charge in [-0.15, -0.1) is 11.6 Å². The number of ether oxygens (including phenoxy) is 1. The third kappa shape index (κ3) is 3.16. The molecular formula is C17H13ClN2O. The van der Waals surface area contributed by atoms with E-state index in [1.165, 1.54) is 0 Å². The molecule has 0 aliphatic rings. The summed E-state index contributed by atoms with van der Waals surface area (Å²) in [6.45, 7) is 3.75. The molecule has 0 amide bonds. The van der Waals surface area contributed by atoms with Crippen molar-refractivity contribution < 1.29 is 4.74 Å². The molecule has 104 valence electrons. The van der Waals surface area contributed by atoms with Crippen molar-refractivity contribution in [2.24, 2.45) is 0 Å². The molecule has 0 aliphatic heterocycles. The van der Waals surface area contributed by atoms with Gasteiger partial charge in [0.1, 0.15) is 17.6 Å². The summed E-state index contributed by atoms with van der Waals surface area (Å²) in [5, 5.41) is 18.2. The topological polar surface area (TPSA) is 56.8 Å². The fourth-order valence-electron chi connectivity index (χ4n) is 2.12. The molecule has 3 nitrogen and oxygen atoms in total. The van der Waals surface area contributed by atoms with Crippen LogP contribution in [0.3, 0.4) is 0 Å². The zero-order chi connectivity index (χ0) is 15.4. The number of hydrogen-bond donors (Lipinski definition) is 0. The van der Waals surface area contributed by atoms with E-state index >= 15 is 0 Å². The minimum Gasteiger partial charge on any atom is -0.455 e. The van der Waals surface area contributed by atoms with Gasteiger partial charge in [-0.25, -0.2) is 0 Å². The number of rotatable bonds is 3. The lowest BCUT2D eigenvalue weighted by Crippen LogP contribution is -1.95. The van der Waals surface area contributed by atoms with Crippen LogP contribution < -0.4 is 4.74 Å². The zero-order valence-corrected chi connectivity index (χ0v) is 12.5. The summed E-state index contributed by atoms with van der Waals surface area (Å²) in [6.07, 6.45) is 0. The molecule has 0 spiro atoms. The second-order valence-corrected chi connectivity index (χ2v) is 5.00. The van der Waals surface area contributed by atoms with E-state index in [4.69, 9.17) is 21.6 Å². The number of alkyl halides is 1. The van der Waals surface area contributed by atoms with Crippen molar-refractivity contribution in [1.29, 1.82) is 10.5 Å². The Morgan fingerprint density at radius 2 is 1.71 bits per heavy atom. The smallest absolute Gasteiger partial charge is 0.145 e. The maximum absolute atomic E-state index is 9.22. The van der Waals surface area contributed by atoms with E-state index in [-0.39, 0.29) is 0 Å². The standard InChI is InChI=1S/C17H13ClN2O/c1-11-5-14(9-19)6-12(2)17(11)21-16-4-3-13(8-18)7-15(16)10-20/h3-7H,8H2,1-2H3. The average molecular weight is 297 g/mol. The van der Waals surface area contributed by atoms with E-state index in [1.54, 1.807) is 24.3 Å². The molecule has 0 heterocycles. The van der Waals surface area contributed by atoms with E-state index in [9.17, 15) is 5.26 Å². The monoisotopic (exact) mass is 296 g/mol. The number of hydrogen-bond acceptors (Lipinski definition) is 3. The number of nitriles is 2. The molecule has 0 unspecified atom stereocenters. The highest BCUT2D eigenvalue weighted by Gasteiger charge is 2.11. The quantitative estimate of drug-likeness (QED) is 0.779. The van der Waals surface area contributed by atoms with Crippen molar-refractivity contribution in [3.63, 3.8) is 0 Å². The highest BCUT2D eigenvalue weighted by Crippen LogP contribution is 2.32. The first-order chi connectivity index (χ1) is 10.1. The first-order valence-electron chi connectivity index (χ1n) is 6.37. The van der Waals surface area contributed by atoms with Gasteiger partial charge >= 0.3 is 0 Å². The molecule has 2 aromatic carbocycles. The van der Waals surface area contributed by atoms with Gasteiger partial charge < -0.3 is 4.74 Å². The first-order valence-corrected chi connectivity index (χ1v) is 6.90. The molecule has 0 saturated heterocycles. The van der Waals surface area contributed by atoms with Crippen molar-refractivity contribution in [3.8, 4) is 23.6 Å². The molecular weight excluding hydrogens is 284 g/mol. The molecule has 4 heteroatoms. The Morgan fingerprint density at radius 1 is 1.05 bits per heavy atom. The molecule has 0 bridgehead atoms. The number of aryl methyl sites for hydroxylation is 2. The van der Waals surface area contributed by atoms with E-state index in [2.05, 4.69) is 12.1 Å². The Kier molecular flexibility index (Phi) is 4.48. The zero-order valence-electron chi connectivity index (χ0n) is 11.8. The van der Waals surface area contributed by atoms with Crippen LogP contribution in [-0.4, -0.2) is 0 Å². The summed E-state index contributed by atoms with van der Waals surface area (Å²) in [4.78, 5) is 0. The summed E-state index contributed by atoms with van der Waals surface area (Å²) in [5.74, 6) is 1.51. The molecule has 0 fully saturated rings. The number of nitrogens with zero attached hydrogens (tertiary/aromatic N) is 2. The Labute approximate surface area is 129 Å². The lowest BCUT2D eigenvalue weighted by atomic mass is 10.1. The van der Waals surface area contributed by atoms with Crippen LogP contribution in [0.2, 0.25) is 0 Å². The number of halogens is 1. The third-order valence-corrected chi connectivity index (χ3v) is 3.43. The highest BCUT2D eigenvalue weighted by atomic mass is 35.5. The predicted molar refractivity (Wildman–Crippen MR) is 81.4 cm³/mol. The molecule has 2 aromatic rings. The van der Waals surface area contributed by atoms with Crippen LogP contribution in [0, 0.1) is 36.5 Å². The van der Waals surface area contributed by atoms with Crippen LogP contribution in [0.5, 0.6) is 11.5 Å². The van der Waals surface area contributed by atoms with Crippen LogP contribution in [0.1, 0.15) is 27.8 Å². The molecule has 0 N–H and O–H groups in total. The summed E-state index contributed by atoms with van der Waals surface area (Å²) in [6, 6.07) is 13.1. The van der Waals surface area contributed by atoms with Gasteiger partial charge in [-0.2, -0.15) is 10.5 Å². The molecule has 2 rings (SSSR count). The molecule has 0 atom stereocenters. The minimum absolute atomic E-state index is 0.351. The van der Waals surface area contributed by atoms with Crippen LogP contribution in [-0.2, 0) is 5.88 Å². The Hall–Kier alpha value is -2.49. The van der Waals surface area contributed by atoms with Crippen molar-refractivity contribution in [2.45, 2.75) is 19.7 Å². The van der Waals surface area contributed by atoms with Crippen molar-refractivity contribution in [2.75, 3.05) is 0 Å². The van der Waals surface area contributed by atoms with Gasteiger partial charge in [-0.05, 0) is 54.8 Å². The van der Waals surface area contributed by atoms with E-state index in [1.807, 2.05) is 19.9 Å². The van der Waals surface area contributed by atoms with Crippen LogP contribution in [0.15, 0.2) is 30.3 Å². The molecule has 0 aromatic heterocycles. The summed E-state index contributed by atoms with van der Waals surface area (Å²) in [7, 11) is 0. The average Bonchev–Trinajstić information content (AvgIpc) is 2.50. The minimum atomic E-state index is 0.351. The predicted octanol–water partition coefficient (Wildman–Crippen LogP) is 4.58. The van der Waals surface area contributed by atoms with Gasteiger partial charge in [0.05, 0.1) is 17.2 Å². The van der Waals surface area contributed by atoms with E-state index in [0.717, 1.165) is 16.7 Å². The van der Waals surface area contributed by atoms with Crippen LogP contribution in [0.25, 0.3) is 0 Å². The van der Waals surface area contributed by atoms with Gasteiger partial charge in [-0.1, -0.05) is 6.07 Å². The van der Waals surface area contributed by atoms with Crippen LogP contribution in [0.4, 0.5) is 0 Å². The van der Waals surface area contributed by atoms with Gasteiger partial charge in [-0.3, -0.25) is 0 Å². The molecule has 21 heavy (non-hydrogen) atoms. The largest absolute Gasteiger partial charge is 0.455 e. The third-order valence-electron chi connectivity index (χ3n) is 3.12. The molecule has 0 aliphatic carbocycles. The van der Waals surface area contributed by atoms with E-state index < -0.39 is 0 Å². The molecule has 0 radical (unpaired) electrons. The van der Waals surface area contributed by atoms with Gasteiger partial charge in [0.25, 0.3) is 0 Å². The second-order valence-electron chi connectivity index (χ2n) is 4.73. The highest BCUT2D eigenvalue weighted by molar-refractivity contribution is 6.17. The molecule has 0 saturated carbocycles. The SMILES string of the molecule is Cc1cc(C#N)cc(C)c1Oc1ccc(CCl)cc1C#N.